The van der Waals surface area contributed by atoms with Crippen LogP contribution in [0.3, 0.4) is 0 Å². The van der Waals surface area contributed by atoms with Crippen LogP contribution in [0, 0.1) is 0 Å². The molecule has 1 aromatic heterocycles. The van der Waals surface area contributed by atoms with Crippen LogP contribution in [0.25, 0.3) is 10.9 Å². The minimum Gasteiger partial charge on any atom is -0.273 e. The highest BCUT2D eigenvalue weighted by molar-refractivity contribution is 6.30. The molecule has 3 aromatic rings. The number of hydrogen-bond acceptors (Lipinski definition) is 5. The molecule has 26 heavy (non-hydrogen) atoms. The topological polar surface area (TPSA) is 106 Å². The number of nitrogens with one attached hydrogen (secondary N) is 2. The van der Waals surface area contributed by atoms with Crippen molar-refractivity contribution < 1.29 is 9.59 Å². The molecule has 0 saturated heterocycles. The van der Waals surface area contributed by atoms with Crippen LogP contribution in [0.2, 0.25) is 5.02 Å². The Morgan fingerprint density at radius 3 is 2.46 bits per heavy atom. The Hall–Kier alpha value is -3.26. The Morgan fingerprint density at radius 2 is 1.69 bits per heavy atom. The first-order valence-corrected chi connectivity index (χ1v) is 8.05. The monoisotopic (exact) mass is 371 g/mol. The van der Waals surface area contributed by atoms with E-state index in [4.69, 9.17) is 11.6 Å². The lowest BCUT2D eigenvalue weighted by Gasteiger charge is -2.08. The van der Waals surface area contributed by atoms with Crippen molar-refractivity contribution in [3.63, 3.8) is 0 Å². The van der Waals surface area contributed by atoms with Crippen molar-refractivity contribution in [3.05, 3.63) is 69.5 Å². The lowest BCUT2D eigenvalue weighted by molar-refractivity contribution is -0.129. The fourth-order valence-corrected chi connectivity index (χ4v) is 2.40. The van der Waals surface area contributed by atoms with E-state index in [2.05, 4.69) is 21.2 Å². The highest BCUT2D eigenvalue weighted by Gasteiger charge is 2.10. The summed E-state index contributed by atoms with van der Waals surface area (Å²) in [5, 5.41) is 8.54. The van der Waals surface area contributed by atoms with E-state index in [0.717, 1.165) is 10.2 Å². The maximum absolute atomic E-state index is 12.3. The molecule has 2 N–H and O–H groups in total. The first-order valence-electron chi connectivity index (χ1n) is 7.67. The molecular formula is C17H14ClN5O3. The third-order valence-corrected chi connectivity index (χ3v) is 3.79. The molecular weight excluding hydrogens is 358 g/mol. The molecule has 8 nitrogen and oxygen atoms in total. The Balaban J connectivity index is 1.57. The molecule has 9 heteroatoms. The molecule has 1 heterocycles. The lowest BCUT2D eigenvalue weighted by atomic mass is 10.1. The molecule has 0 atom stereocenters. The van der Waals surface area contributed by atoms with Crippen LogP contribution in [0.5, 0.6) is 0 Å². The van der Waals surface area contributed by atoms with Crippen LogP contribution >= 0.6 is 11.6 Å². The van der Waals surface area contributed by atoms with Crippen LogP contribution in [0.15, 0.2) is 53.3 Å². The van der Waals surface area contributed by atoms with Crippen molar-refractivity contribution in [2.24, 2.45) is 0 Å². The maximum Gasteiger partial charge on any atom is 0.278 e. The summed E-state index contributed by atoms with van der Waals surface area (Å²) in [6.45, 7) is -0.363. The second kappa shape index (κ2) is 7.75. The second-order valence-electron chi connectivity index (χ2n) is 5.47. The molecule has 0 aliphatic carbocycles. The summed E-state index contributed by atoms with van der Waals surface area (Å²) in [6, 6.07) is 13.5. The highest BCUT2D eigenvalue weighted by Crippen LogP contribution is 2.09. The smallest absolute Gasteiger partial charge is 0.273 e. The highest BCUT2D eigenvalue weighted by atomic mass is 35.5. The molecule has 0 unspecified atom stereocenters. The average Bonchev–Trinajstić information content (AvgIpc) is 2.64. The molecule has 2 amide bonds. The molecule has 0 saturated carbocycles. The third kappa shape index (κ3) is 4.22. The number of rotatable bonds is 4. The SMILES string of the molecule is O=C(Cc1ccc(Cl)cc1)NNC(=O)Cn1nnc2ccccc2c1=O. The number of hydrazine groups is 1. The van der Waals surface area contributed by atoms with Crippen LogP contribution in [-0.2, 0) is 22.6 Å². The van der Waals surface area contributed by atoms with E-state index in [9.17, 15) is 14.4 Å². The zero-order valence-corrected chi connectivity index (χ0v) is 14.2. The van der Waals surface area contributed by atoms with E-state index in [1.165, 1.54) is 0 Å². The van der Waals surface area contributed by atoms with E-state index >= 15 is 0 Å². The van der Waals surface area contributed by atoms with Gasteiger partial charge in [0.1, 0.15) is 12.1 Å². The molecule has 0 bridgehead atoms. The number of amides is 2. The lowest BCUT2D eigenvalue weighted by Crippen LogP contribution is -2.45. The molecule has 3 rings (SSSR count). The molecule has 0 radical (unpaired) electrons. The zero-order chi connectivity index (χ0) is 18.5. The number of aromatic nitrogens is 3. The maximum atomic E-state index is 12.3. The summed E-state index contributed by atoms with van der Waals surface area (Å²) in [4.78, 5) is 36.0. The summed E-state index contributed by atoms with van der Waals surface area (Å²) in [5.74, 6) is -1.00. The Morgan fingerprint density at radius 1 is 1.00 bits per heavy atom. The van der Waals surface area contributed by atoms with Crippen LogP contribution in [0.1, 0.15) is 5.56 Å². The average molecular weight is 372 g/mol. The minimum absolute atomic E-state index is 0.0766. The normalized spacial score (nSPS) is 10.5. The number of carbonyl (C=O) groups excluding carboxylic acids is 2. The summed E-state index contributed by atoms with van der Waals surface area (Å²) in [6.07, 6.45) is 0.0766. The summed E-state index contributed by atoms with van der Waals surface area (Å²) < 4.78 is 0.934. The first kappa shape index (κ1) is 17.6. The van der Waals surface area contributed by atoms with Crippen LogP contribution in [0.4, 0.5) is 0 Å². The van der Waals surface area contributed by atoms with Gasteiger partial charge in [0.05, 0.1) is 11.8 Å². The third-order valence-electron chi connectivity index (χ3n) is 3.54. The van der Waals surface area contributed by atoms with Gasteiger partial charge in [0, 0.05) is 5.02 Å². The minimum atomic E-state index is -0.596. The number of halogens is 1. The predicted octanol–water partition coefficient (Wildman–Crippen LogP) is 0.835. The molecule has 0 aliphatic heterocycles. The molecule has 132 valence electrons. The standard InChI is InChI=1S/C17H14ClN5O3/c18-12-7-5-11(6-8-12)9-15(24)20-21-16(25)10-23-17(26)13-3-1-2-4-14(13)19-22-23/h1-8H,9-10H2,(H,20,24)(H,21,25). The molecule has 0 aliphatic rings. The zero-order valence-electron chi connectivity index (χ0n) is 13.5. The summed E-state index contributed by atoms with van der Waals surface area (Å²) >= 11 is 5.78. The van der Waals surface area contributed by atoms with Crippen molar-refractivity contribution >= 4 is 34.3 Å². The number of carbonyl (C=O) groups is 2. The van der Waals surface area contributed by atoms with Gasteiger partial charge in [-0.1, -0.05) is 41.1 Å². The van der Waals surface area contributed by atoms with Gasteiger partial charge < -0.3 is 0 Å². The number of nitrogens with zero attached hydrogens (tertiary/aromatic N) is 3. The van der Waals surface area contributed by atoms with Gasteiger partial charge in [0.25, 0.3) is 11.5 Å². The van der Waals surface area contributed by atoms with Crippen molar-refractivity contribution in [3.8, 4) is 0 Å². The Labute approximate surface area is 152 Å². The van der Waals surface area contributed by atoms with Gasteiger partial charge in [0.2, 0.25) is 5.91 Å². The second-order valence-corrected chi connectivity index (χ2v) is 5.91. The van der Waals surface area contributed by atoms with E-state index < -0.39 is 17.4 Å². The van der Waals surface area contributed by atoms with Crippen LogP contribution in [-0.4, -0.2) is 26.8 Å². The van der Waals surface area contributed by atoms with Crippen molar-refractivity contribution in [1.82, 2.24) is 25.8 Å². The van der Waals surface area contributed by atoms with Gasteiger partial charge in [-0.3, -0.25) is 25.2 Å². The Bertz CT molecular complexity index is 1020. The van der Waals surface area contributed by atoms with Gasteiger partial charge in [-0.15, -0.1) is 5.10 Å². The van der Waals surface area contributed by atoms with E-state index in [0.29, 0.717) is 15.9 Å². The van der Waals surface area contributed by atoms with Gasteiger partial charge in [-0.25, -0.2) is 4.68 Å². The largest absolute Gasteiger partial charge is 0.278 e. The van der Waals surface area contributed by atoms with Crippen molar-refractivity contribution in [2.45, 2.75) is 13.0 Å². The fraction of sp³-hybridized carbons (Fsp3) is 0.118. The van der Waals surface area contributed by atoms with Gasteiger partial charge in [0.15, 0.2) is 0 Å². The van der Waals surface area contributed by atoms with Crippen LogP contribution < -0.4 is 16.4 Å². The molecule has 2 aromatic carbocycles. The van der Waals surface area contributed by atoms with E-state index in [-0.39, 0.29) is 13.0 Å². The van der Waals surface area contributed by atoms with E-state index in [1.54, 1.807) is 48.5 Å². The summed E-state index contributed by atoms with van der Waals surface area (Å²) in [5.41, 5.74) is 5.30. The fourth-order valence-electron chi connectivity index (χ4n) is 2.27. The van der Waals surface area contributed by atoms with Crippen molar-refractivity contribution in [1.29, 1.82) is 0 Å². The molecule has 0 fully saturated rings. The van der Waals surface area contributed by atoms with E-state index in [1.807, 2.05) is 0 Å². The predicted molar refractivity (Wildman–Crippen MR) is 95.2 cm³/mol. The van der Waals surface area contributed by atoms with Gasteiger partial charge in [-0.2, -0.15) is 0 Å². The number of fused-ring (bicyclic) bond motifs is 1. The number of hydrogen-bond donors (Lipinski definition) is 2. The van der Waals surface area contributed by atoms with Gasteiger partial charge in [-0.05, 0) is 29.8 Å². The van der Waals surface area contributed by atoms with Crippen molar-refractivity contribution in [2.75, 3.05) is 0 Å². The quantitative estimate of drug-likeness (QED) is 0.661. The first-order chi connectivity index (χ1) is 12.5. The Kier molecular flexibility index (Phi) is 5.23. The van der Waals surface area contributed by atoms with Gasteiger partial charge >= 0.3 is 0 Å². The summed E-state index contributed by atoms with van der Waals surface area (Å²) in [7, 11) is 0. The molecule has 0 spiro atoms. The number of benzene rings is 2.